The quantitative estimate of drug-likeness (QED) is 0.658. The summed E-state index contributed by atoms with van der Waals surface area (Å²) in [5.41, 5.74) is 7.01. The van der Waals surface area contributed by atoms with Crippen LogP contribution < -0.4 is 5.73 Å². The molecule has 2 aromatic rings. The van der Waals surface area contributed by atoms with Gasteiger partial charge < -0.3 is 10.7 Å². The van der Waals surface area contributed by atoms with Gasteiger partial charge in [-0.1, -0.05) is 0 Å². The Morgan fingerprint density at radius 1 is 1.46 bits per heavy atom. The van der Waals surface area contributed by atoms with Gasteiger partial charge in [0.25, 0.3) is 0 Å². The van der Waals surface area contributed by atoms with Crippen molar-refractivity contribution in [2.75, 3.05) is 5.73 Å². The molecule has 2 heterocycles. The summed E-state index contributed by atoms with van der Waals surface area (Å²) in [4.78, 5) is 9.24. The second kappa shape index (κ2) is 2.78. The van der Waals surface area contributed by atoms with E-state index >= 15 is 0 Å². The molecule has 68 valence electrons. The Bertz CT molecular complexity index is 524. The summed E-state index contributed by atoms with van der Waals surface area (Å²) < 4.78 is 0.450. The maximum absolute atomic E-state index is 5.82. The summed E-state index contributed by atoms with van der Waals surface area (Å²) in [6, 6.07) is 0. The fraction of sp³-hybridized carbons (Fsp3) is 0.250. The van der Waals surface area contributed by atoms with E-state index in [1.807, 2.05) is 6.92 Å². The number of aryl methyl sites for hydroxylation is 2. The van der Waals surface area contributed by atoms with E-state index in [1.54, 1.807) is 11.3 Å². The van der Waals surface area contributed by atoms with Crippen LogP contribution in [0.1, 0.15) is 10.4 Å². The number of anilines is 1. The van der Waals surface area contributed by atoms with E-state index in [2.05, 4.69) is 16.9 Å². The number of aromatic amines is 1. The molecule has 0 spiro atoms. The third kappa shape index (κ3) is 1.24. The van der Waals surface area contributed by atoms with Crippen LogP contribution in [0.3, 0.4) is 0 Å². The summed E-state index contributed by atoms with van der Waals surface area (Å²) in [6.45, 7) is 4.10. The smallest absolute Gasteiger partial charge is 0.199 e. The van der Waals surface area contributed by atoms with Crippen molar-refractivity contribution < 1.29 is 0 Å². The SMILES string of the molecule is Cc1sc2nc(=S)[nH]c(N)c2c1C. The number of nitrogen functional groups attached to an aromatic ring is 1. The van der Waals surface area contributed by atoms with Crippen LogP contribution in [0, 0.1) is 18.6 Å². The zero-order valence-corrected chi connectivity index (χ0v) is 8.97. The molecule has 3 nitrogen and oxygen atoms in total. The number of nitrogens with two attached hydrogens (primary N) is 1. The van der Waals surface area contributed by atoms with Crippen molar-refractivity contribution in [3.63, 3.8) is 0 Å². The van der Waals surface area contributed by atoms with Gasteiger partial charge in [-0.05, 0) is 31.6 Å². The van der Waals surface area contributed by atoms with Crippen molar-refractivity contribution in [2.45, 2.75) is 13.8 Å². The molecule has 2 aromatic heterocycles. The molecule has 0 saturated heterocycles. The maximum atomic E-state index is 5.82. The number of hydrogen-bond acceptors (Lipinski definition) is 4. The van der Waals surface area contributed by atoms with Gasteiger partial charge >= 0.3 is 0 Å². The van der Waals surface area contributed by atoms with E-state index in [4.69, 9.17) is 18.0 Å². The summed E-state index contributed by atoms with van der Waals surface area (Å²) in [5, 5.41) is 1.01. The molecule has 5 heteroatoms. The summed E-state index contributed by atoms with van der Waals surface area (Å²) in [7, 11) is 0. The van der Waals surface area contributed by atoms with Gasteiger partial charge in [0.1, 0.15) is 10.6 Å². The molecule has 0 fully saturated rings. The predicted octanol–water partition coefficient (Wildman–Crippen LogP) is 2.55. The standard InChI is InChI=1S/C8H9N3S2/c1-3-4(2)13-7-5(3)6(9)10-8(12)11-7/h1-2H3,(H3,9,10,11,12). The first-order valence-electron chi connectivity index (χ1n) is 3.85. The van der Waals surface area contributed by atoms with Gasteiger partial charge in [0, 0.05) is 4.88 Å². The molecule has 0 aliphatic heterocycles. The van der Waals surface area contributed by atoms with Gasteiger partial charge in [-0.15, -0.1) is 11.3 Å². The molecule has 0 radical (unpaired) electrons. The molecular weight excluding hydrogens is 202 g/mol. The minimum atomic E-state index is 0.450. The molecule has 0 aromatic carbocycles. The maximum Gasteiger partial charge on any atom is 0.199 e. The number of fused-ring (bicyclic) bond motifs is 1. The highest BCUT2D eigenvalue weighted by atomic mass is 32.1. The highest BCUT2D eigenvalue weighted by Crippen LogP contribution is 2.31. The molecule has 0 atom stereocenters. The van der Waals surface area contributed by atoms with E-state index in [9.17, 15) is 0 Å². The molecule has 3 N–H and O–H groups in total. The number of rotatable bonds is 0. The van der Waals surface area contributed by atoms with Gasteiger partial charge in [-0.3, -0.25) is 0 Å². The first kappa shape index (κ1) is 8.65. The Hall–Kier alpha value is -0.940. The Morgan fingerprint density at radius 2 is 2.15 bits per heavy atom. The van der Waals surface area contributed by atoms with Crippen molar-refractivity contribution in [1.82, 2.24) is 9.97 Å². The van der Waals surface area contributed by atoms with Crippen LogP contribution in [0.2, 0.25) is 0 Å². The van der Waals surface area contributed by atoms with E-state index in [-0.39, 0.29) is 0 Å². The van der Waals surface area contributed by atoms with Gasteiger partial charge in [0.15, 0.2) is 4.77 Å². The van der Waals surface area contributed by atoms with E-state index in [1.165, 1.54) is 10.4 Å². The lowest BCUT2D eigenvalue weighted by molar-refractivity contribution is 1.20. The highest BCUT2D eigenvalue weighted by Gasteiger charge is 2.09. The number of H-pyrrole nitrogens is 1. The number of nitrogens with zero attached hydrogens (tertiary/aromatic N) is 1. The largest absolute Gasteiger partial charge is 0.385 e. The third-order valence-corrected chi connectivity index (χ3v) is 3.38. The van der Waals surface area contributed by atoms with Crippen molar-refractivity contribution in [3.05, 3.63) is 15.2 Å². The lowest BCUT2D eigenvalue weighted by Crippen LogP contribution is -1.93. The normalized spacial score (nSPS) is 10.9. The number of nitrogens with one attached hydrogen (secondary N) is 1. The zero-order chi connectivity index (χ0) is 9.59. The minimum Gasteiger partial charge on any atom is -0.385 e. The second-order valence-electron chi connectivity index (χ2n) is 2.92. The van der Waals surface area contributed by atoms with E-state index in [0.717, 1.165) is 10.2 Å². The number of thiophene rings is 1. The molecule has 0 bridgehead atoms. The second-order valence-corrected chi connectivity index (χ2v) is 4.51. The summed E-state index contributed by atoms with van der Waals surface area (Å²) >= 11 is 6.57. The Kier molecular flexibility index (Phi) is 1.85. The number of aromatic nitrogens is 2. The van der Waals surface area contributed by atoms with Crippen LogP contribution >= 0.6 is 23.6 Å². The van der Waals surface area contributed by atoms with Crippen LogP contribution in [-0.2, 0) is 0 Å². The Labute approximate surface area is 84.6 Å². The van der Waals surface area contributed by atoms with Crippen LogP contribution in [0.5, 0.6) is 0 Å². The first-order valence-corrected chi connectivity index (χ1v) is 5.07. The third-order valence-electron chi connectivity index (χ3n) is 2.08. The summed E-state index contributed by atoms with van der Waals surface area (Å²) in [5.74, 6) is 0.622. The zero-order valence-electron chi connectivity index (χ0n) is 7.34. The fourth-order valence-electron chi connectivity index (χ4n) is 1.30. The predicted molar refractivity (Wildman–Crippen MR) is 58.7 cm³/mol. The molecule has 0 aliphatic carbocycles. The lowest BCUT2D eigenvalue weighted by Gasteiger charge is -1.96. The van der Waals surface area contributed by atoms with Crippen molar-refractivity contribution >= 4 is 39.6 Å². The van der Waals surface area contributed by atoms with Crippen LogP contribution in [-0.4, -0.2) is 9.97 Å². The summed E-state index contributed by atoms with van der Waals surface area (Å²) in [6.07, 6.45) is 0. The van der Waals surface area contributed by atoms with Crippen LogP contribution in [0.4, 0.5) is 5.82 Å². The van der Waals surface area contributed by atoms with Crippen molar-refractivity contribution in [1.29, 1.82) is 0 Å². The fourth-order valence-corrected chi connectivity index (χ4v) is 2.61. The van der Waals surface area contributed by atoms with Crippen LogP contribution in [0.15, 0.2) is 0 Å². The van der Waals surface area contributed by atoms with Crippen LogP contribution in [0.25, 0.3) is 10.2 Å². The van der Waals surface area contributed by atoms with Gasteiger partial charge in [-0.2, -0.15) is 0 Å². The molecular formula is C8H9N3S2. The minimum absolute atomic E-state index is 0.450. The van der Waals surface area contributed by atoms with E-state index < -0.39 is 0 Å². The molecule has 0 aliphatic rings. The molecule has 13 heavy (non-hydrogen) atoms. The molecule has 0 unspecified atom stereocenters. The average Bonchev–Trinajstić information content (AvgIpc) is 2.27. The lowest BCUT2D eigenvalue weighted by atomic mass is 10.2. The Balaban J connectivity index is 3.03. The van der Waals surface area contributed by atoms with Gasteiger partial charge in [-0.25, -0.2) is 4.98 Å². The monoisotopic (exact) mass is 211 g/mol. The first-order chi connectivity index (χ1) is 6.09. The van der Waals surface area contributed by atoms with Crippen molar-refractivity contribution in [2.24, 2.45) is 0 Å². The Morgan fingerprint density at radius 3 is 2.85 bits per heavy atom. The average molecular weight is 211 g/mol. The topological polar surface area (TPSA) is 54.7 Å². The van der Waals surface area contributed by atoms with Gasteiger partial charge in [0.2, 0.25) is 0 Å². The molecule has 0 amide bonds. The van der Waals surface area contributed by atoms with Crippen molar-refractivity contribution in [3.8, 4) is 0 Å². The highest BCUT2D eigenvalue weighted by molar-refractivity contribution is 7.71. The number of hydrogen-bond donors (Lipinski definition) is 2. The molecule has 0 saturated carbocycles. The molecule has 2 rings (SSSR count). The van der Waals surface area contributed by atoms with Gasteiger partial charge in [0.05, 0.1) is 5.39 Å². The van der Waals surface area contributed by atoms with E-state index in [0.29, 0.717) is 10.6 Å².